The summed E-state index contributed by atoms with van der Waals surface area (Å²) < 4.78 is 20.1. The predicted molar refractivity (Wildman–Crippen MR) is 109 cm³/mol. The van der Waals surface area contributed by atoms with Gasteiger partial charge in [0.05, 0.1) is 31.2 Å². The molecule has 0 radical (unpaired) electrons. The summed E-state index contributed by atoms with van der Waals surface area (Å²) in [6, 6.07) is 7.94. The molecule has 31 heavy (non-hydrogen) atoms. The van der Waals surface area contributed by atoms with Gasteiger partial charge in [0.25, 0.3) is 0 Å². The summed E-state index contributed by atoms with van der Waals surface area (Å²) in [4.78, 5) is 23.3. The average molecular weight is 420 g/mol. The van der Waals surface area contributed by atoms with Crippen LogP contribution in [0.3, 0.4) is 0 Å². The topological polar surface area (TPSA) is 121 Å². The first kappa shape index (κ1) is 20.0. The Kier molecular flexibility index (Phi) is 5.53. The zero-order valence-electron chi connectivity index (χ0n) is 16.4. The van der Waals surface area contributed by atoms with E-state index in [9.17, 15) is 9.18 Å². The van der Waals surface area contributed by atoms with Crippen LogP contribution in [0.2, 0.25) is 0 Å². The van der Waals surface area contributed by atoms with E-state index < -0.39 is 18.0 Å². The van der Waals surface area contributed by atoms with Crippen molar-refractivity contribution in [2.24, 2.45) is 4.99 Å². The molecule has 1 N–H and O–H groups in total. The Balaban J connectivity index is 1.48. The fourth-order valence-corrected chi connectivity index (χ4v) is 3.09. The quantitative estimate of drug-likeness (QED) is 0.291. The first-order valence-corrected chi connectivity index (χ1v) is 9.32. The molecule has 0 spiro atoms. The van der Waals surface area contributed by atoms with Crippen molar-refractivity contribution < 1.29 is 13.9 Å². The zero-order valence-corrected chi connectivity index (χ0v) is 16.4. The van der Waals surface area contributed by atoms with E-state index in [1.54, 1.807) is 49.8 Å². The van der Waals surface area contributed by atoms with Crippen LogP contribution in [0.5, 0.6) is 0 Å². The largest absolute Gasteiger partial charge is 0.442 e. The van der Waals surface area contributed by atoms with Crippen molar-refractivity contribution in [1.82, 2.24) is 25.3 Å². The number of anilines is 1. The molecule has 2 aromatic heterocycles. The smallest absolute Gasteiger partial charge is 0.414 e. The molecule has 4 rings (SSSR count). The number of ether oxygens (including phenoxy) is 1. The number of rotatable bonds is 5. The van der Waals surface area contributed by atoms with Crippen LogP contribution in [0.15, 0.2) is 53.9 Å². The molecule has 0 aliphatic carbocycles. The third-order valence-corrected chi connectivity index (χ3v) is 4.59. The third-order valence-electron chi connectivity index (χ3n) is 4.59. The Morgan fingerprint density at radius 1 is 1.35 bits per heavy atom. The number of hydrogen-bond donors (Lipinski definition) is 1. The molecule has 3 aromatic rings. The molecule has 1 fully saturated rings. The van der Waals surface area contributed by atoms with Crippen molar-refractivity contribution in [3.63, 3.8) is 0 Å². The maximum absolute atomic E-state index is 14.8. The summed E-state index contributed by atoms with van der Waals surface area (Å²) >= 11 is 0. The van der Waals surface area contributed by atoms with Gasteiger partial charge in [0.15, 0.2) is 12.0 Å². The van der Waals surface area contributed by atoms with Crippen molar-refractivity contribution in [3.05, 3.63) is 54.7 Å². The highest BCUT2D eigenvalue weighted by atomic mass is 19.1. The molecule has 11 heteroatoms. The van der Waals surface area contributed by atoms with E-state index >= 15 is 0 Å². The number of pyridine rings is 1. The van der Waals surface area contributed by atoms with Crippen molar-refractivity contribution in [2.45, 2.75) is 13.0 Å². The molecular formula is C20H17FN8O2. The third kappa shape index (κ3) is 4.32. The van der Waals surface area contributed by atoms with Gasteiger partial charge in [-0.15, -0.1) is 4.80 Å². The minimum absolute atomic E-state index is 0.201. The molecule has 1 aliphatic rings. The van der Waals surface area contributed by atoms with Crippen molar-refractivity contribution in [3.8, 4) is 23.1 Å². The molecule has 1 atom stereocenters. The van der Waals surface area contributed by atoms with Crippen molar-refractivity contribution >= 4 is 17.6 Å². The number of aromatic nitrogens is 4. The Bertz CT molecular complexity index is 1150. The Morgan fingerprint density at radius 3 is 2.84 bits per heavy atom. The van der Waals surface area contributed by atoms with Crippen molar-refractivity contribution in [2.75, 3.05) is 18.0 Å². The second-order valence-corrected chi connectivity index (χ2v) is 6.67. The maximum atomic E-state index is 14.8. The van der Waals surface area contributed by atoms with Crippen LogP contribution < -0.4 is 10.2 Å². The number of cyclic esters (lactones) is 1. The van der Waals surface area contributed by atoms with E-state index in [4.69, 9.17) is 10.00 Å². The fourth-order valence-electron chi connectivity index (χ4n) is 3.09. The molecule has 1 amide bonds. The maximum Gasteiger partial charge on any atom is 0.414 e. The molecule has 156 valence electrons. The highest BCUT2D eigenvalue weighted by molar-refractivity contribution is 5.90. The molecular weight excluding hydrogens is 403 g/mol. The SMILES string of the molecule is CC(=NCC1CN(c2ccc(-c3ccc(-n4nccn4)nc3)c(F)c2)C(=O)O1)NC#N. The highest BCUT2D eigenvalue weighted by Gasteiger charge is 2.32. The van der Waals surface area contributed by atoms with Gasteiger partial charge in [-0.2, -0.15) is 15.5 Å². The van der Waals surface area contributed by atoms with E-state index in [1.807, 2.05) is 0 Å². The molecule has 1 aromatic carbocycles. The van der Waals surface area contributed by atoms with E-state index in [0.717, 1.165) is 0 Å². The second kappa shape index (κ2) is 8.58. The molecule has 0 saturated carbocycles. The van der Waals surface area contributed by atoms with Gasteiger partial charge in [-0.3, -0.25) is 15.2 Å². The van der Waals surface area contributed by atoms with Gasteiger partial charge in [-0.1, -0.05) is 0 Å². The van der Waals surface area contributed by atoms with E-state index in [-0.39, 0.29) is 13.1 Å². The monoisotopic (exact) mass is 420 g/mol. The van der Waals surface area contributed by atoms with Gasteiger partial charge < -0.3 is 4.74 Å². The number of carbonyl (C=O) groups excluding carboxylic acids is 1. The number of nitrogens with one attached hydrogen (secondary N) is 1. The summed E-state index contributed by atoms with van der Waals surface area (Å²) in [6.07, 6.45) is 5.32. The molecule has 1 unspecified atom stereocenters. The number of halogens is 1. The van der Waals surface area contributed by atoms with Crippen molar-refractivity contribution in [1.29, 1.82) is 5.26 Å². The molecule has 0 bridgehead atoms. The summed E-state index contributed by atoms with van der Waals surface area (Å²) in [6.45, 7) is 2.07. The Hall–Kier alpha value is -4.33. The second-order valence-electron chi connectivity index (χ2n) is 6.67. The van der Waals surface area contributed by atoms with Crippen LogP contribution in [-0.4, -0.2) is 51.1 Å². The Morgan fingerprint density at radius 2 is 2.16 bits per heavy atom. The minimum Gasteiger partial charge on any atom is -0.442 e. The number of aliphatic imine (C=N–C) groups is 1. The summed E-state index contributed by atoms with van der Waals surface area (Å²) in [7, 11) is 0. The molecule has 1 aliphatic heterocycles. The lowest BCUT2D eigenvalue weighted by molar-refractivity contribution is 0.145. The summed E-state index contributed by atoms with van der Waals surface area (Å²) in [5, 5.41) is 19.0. The number of amides is 1. The van der Waals surface area contributed by atoms with Gasteiger partial charge in [0, 0.05) is 17.3 Å². The Labute approximate surface area is 176 Å². The minimum atomic E-state index is -0.573. The summed E-state index contributed by atoms with van der Waals surface area (Å²) in [5.41, 5.74) is 1.31. The molecule has 10 nitrogen and oxygen atoms in total. The number of benzene rings is 1. The van der Waals surface area contributed by atoms with E-state index in [2.05, 4.69) is 25.5 Å². The highest BCUT2D eigenvalue weighted by Crippen LogP contribution is 2.29. The van der Waals surface area contributed by atoms with Crippen LogP contribution in [0.4, 0.5) is 14.9 Å². The zero-order chi connectivity index (χ0) is 21.8. The van der Waals surface area contributed by atoms with Crippen LogP contribution in [0, 0.1) is 17.3 Å². The molecule has 1 saturated heterocycles. The van der Waals surface area contributed by atoms with E-state index in [0.29, 0.717) is 28.5 Å². The first-order chi connectivity index (χ1) is 15.0. The number of carbonyl (C=O) groups is 1. The van der Waals surface area contributed by atoms with Gasteiger partial charge >= 0.3 is 6.09 Å². The lowest BCUT2D eigenvalue weighted by atomic mass is 10.1. The number of nitrogens with zero attached hydrogens (tertiary/aromatic N) is 7. The van der Waals surface area contributed by atoms with Gasteiger partial charge in [-0.05, 0) is 37.3 Å². The number of nitriles is 1. The van der Waals surface area contributed by atoms with Crippen LogP contribution >= 0.6 is 0 Å². The van der Waals surface area contributed by atoms with Crippen LogP contribution in [0.1, 0.15) is 6.92 Å². The van der Waals surface area contributed by atoms with Gasteiger partial charge in [0.2, 0.25) is 0 Å². The summed E-state index contributed by atoms with van der Waals surface area (Å²) in [5.74, 6) is 0.447. The average Bonchev–Trinajstić information content (AvgIpc) is 3.43. The predicted octanol–water partition coefficient (Wildman–Crippen LogP) is 2.28. The van der Waals surface area contributed by atoms with Crippen LogP contribution in [0.25, 0.3) is 16.9 Å². The normalized spacial score (nSPS) is 16.2. The lowest BCUT2D eigenvalue weighted by Crippen LogP contribution is -2.25. The lowest BCUT2D eigenvalue weighted by Gasteiger charge is -2.14. The number of hydrogen-bond acceptors (Lipinski definition) is 7. The fraction of sp³-hybridized carbons (Fsp3) is 0.200. The van der Waals surface area contributed by atoms with Gasteiger partial charge in [-0.25, -0.2) is 14.2 Å². The standard InChI is InChI=1S/C20H17FN8O2/c1-13(25-12-22)23-10-16-11-28(20(30)31-16)15-3-4-17(18(21)8-15)14-2-5-19(24-9-14)29-26-6-7-27-29/h2-9,16H,10-11H2,1H3,(H,23,25). The van der Waals surface area contributed by atoms with Crippen LogP contribution in [-0.2, 0) is 4.74 Å². The molecule has 3 heterocycles. The van der Waals surface area contributed by atoms with E-state index in [1.165, 1.54) is 22.0 Å². The first-order valence-electron chi connectivity index (χ1n) is 9.32. The number of amidine groups is 1. The van der Waals surface area contributed by atoms with Gasteiger partial charge in [0.1, 0.15) is 17.8 Å².